The maximum Gasteiger partial charge on any atom is 0.226 e. The van der Waals surface area contributed by atoms with Crippen LogP contribution in [0.5, 0.6) is 0 Å². The van der Waals surface area contributed by atoms with E-state index in [0.717, 1.165) is 37.3 Å². The summed E-state index contributed by atoms with van der Waals surface area (Å²) < 4.78 is 0. The molecule has 0 unspecified atom stereocenters. The molecule has 0 radical (unpaired) electrons. The van der Waals surface area contributed by atoms with E-state index in [-0.39, 0.29) is 12.0 Å². The zero-order chi connectivity index (χ0) is 16.1. The van der Waals surface area contributed by atoms with Gasteiger partial charge in [0.1, 0.15) is 0 Å². The van der Waals surface area contributed by atoms with Crippen LogP contribution in [0, 0.1) is 0 Å². The first-order valence-corrected chi connectivity index (χ1v) is 7.93. The van der Waals surface area contributed by atoms with Crippen molar-refractivity contribution in [3.8, 4) is 0 Å². The molecule has 2 heterocycles. The highest BCUT2D eigenvalue weighted by atomic mass is 16.3. The number of nitrogens with one attached hydrogen (secondary N) is 2. The first-order chi connectivity index (χ1) is 11.2. The molecular formula is C17H22N4O2. The molecule has 6 heteroatoms. The molecule has 0 bridgehead atoms. The van der Waals surface area contributed by atoms with Gasteiger partial charge in [-0.2, -0.15) is 5.10 Å². The number of likely N-dealkylation sites (tertiary alicyclic amines) is 1. The van der Waals surface area contributed by atoms with Gasteiger partial charge in [-0.3, -0.25) is 14.8 Å². The van der Waals surface area contributed by atoms with Crippen LogP contribution in [-0.2, 0) is 24.3 Å². The van der Waals surface area contributed by atoms with Gasteiger partial charge in [-0.25, -0.2) is 0 Å². The van der Waals surface area contributed by atoms with Crippen LogP contribution in [0.25, 0.3) is 0 Å². The van der Waals surface area contributed by atoms with Gasteiger partial charge in [0.15, 0.2) is 0 Å². The van der Waals surface area contributed by atoms with Gasteiger partial charge < -0.3 is 10.4 Å². The summed E-state index contributed by atoms with van der Waals surface area (Å²) in [4.78, 5) is 14.2. The van der Waals surface area contributed by atoms with Crippen LogP contribution in [0.1, 0.15) is 23.2 Å². The number of H-pyrrole nitrogens is 1. The second-order valence-corrected chi connectivity index (χ2v) is 5.98. The second-order valence-electron chi connectivity index (χ2n) is 5.98. The maximum atomic E-state index is 12.0. The van der Waals surface area contributed by atoms with E-state index in [9.17, 15) is 9.90 Å². The zero-order valence-electron chi connectivity index (χ0n) is 13.0. The smallest absolute Gasteiger partial charge is 0.226 e. The van der Waals surface area contributed by atoms with E-state index in [1.54, 1.807) is 12.3 Å². The predicted octanol–water partition coefficient (Wildman–Crippen LogP) is 0.835. The van der Waals surface area contributed by atoms with Crippen molar-refractivity contribution in [3.05, 3.63) is 53.3 Å². The summed E-state index contributed by atoms with van der Waals surface area (Å²) in [6, 6.07) is 9.92. The molecule has 1 aliphatic rings. The number of benzene rings is 1. The lowest BCUT2D eigenvalue weighted by molar-refractivity contribution is -0.120. The Morgan fingerprint density at radius 3 is 2.87 bits per heavy atom. The highest BCUT2D eigenvalue weighted by Crippen LogP contribution is 2.16. The van der Waals surface area contributed by atoms with Crippen molar-refractivity contribution < 1.29 is 9.90 Å². The third-order valence-corrected chi connectivity index (χ3v) is 4.15. The third-order valence-electron chi connectivity index (χ3n) is 4.15. The number of aromatic amines is 1. The van der Waals surface area contributed by atoms with Gasteiger partial charge in [-0.15, -0.1) is 0 Å². The van der Waals surface area contributed by atoms with Gasteiger partial charge in [0.2, 0.25) is 5.91 Å². The molecule has 122 valence electrons. The number of amides is 1. The Hall–Kier alpha value is -2.18. The van der Waals surface area contributed by atoms with Gasteiger partial charge in [0.05, 0.1) is 12.5 Å². The quantitative estimate of drug-likeness (QED) is 0.738. The molecular weight excluding hydrogens is 292 g/mol. The molecule has 2 aromatic rings. The molecule has 1 aromatic heterocycles. The maximum absolute atomic E-state index is 12.0. The Labute approximate surface area is 135 Å². The van der Waals surface area contributed by atoms with Crippen LogP contribution < -0.4 is 5.32 Å². The Morgan fingerprint density at radius 1 is 1.35 bits per heavy atom. The molecule has 0 saturated carbocycles. The molecule has 3 N–H and O–H groups in total. The first kappa shape index (κ1) is 15.7. The van der Waals surface area contributed by atoms with Crippen LogP contribution in [0.3, 0.4) is 0 Å². The van der Waals surface area contributed by atoms with Crippen LogP contribution in [0.15, 0.2) is 36.5 Å². The van der Waals surface area contributed by atoms with Crippen molar-refractivity contribution in [2.45, 2.75) is 32.0 Å². The molecule has 6 nitrogen and oxygen atoms in total. The van der Waals surface area contributed by atoms with Crippen molar-refractivity contribution in [2.24, 2.45) is 0 Å². The van der Waals surface area contributed by atoms with Crippen molar-refractivity contribution in [1.29, 1.82) is 0 Å². The number of carbonyl (C=O) groups is 1. The van der Waals surface area contributed by atoms with E-state index >= 15 is 0 Å². The lowest BCUT2D eigenvalue weighted by Gasteiger charge is -2.18. The Morgan fingerprint density at radius 2 is 2.17 bits per heavy atom. The molecule has 1 saturated heterocycles. The molecule has 0 aliphatic carbocycles. The molecule has 1 atom stereocenters. The summed E-state index contributed by atoms with van der Waals surface area (Å²) in [7, 11) is 0. The monoisotopic (exact) mass is 314 g/mol. The number of rotatable bonds is 6. The number of aliphatic hydroxyl groups excluding tert-OH is 1. The summed E-state index contributed by atoms with van der Waals surface area (Å²) in [6.07, 6.45) is 2.57. The van der Waals surface area contributed by atoms with Crippen LogP contribution in [-0.4, -0.2) is 45.3 Å². The fourth-order valence-corrected chi connectivity index (χ4v) is 2.89. The molecule has 0 spiro atoms. The number of hydrogen-bond acceptors (Lipinski definition) is 4. The summed E-state index contributed by atoms with van der Waals surface area (Å²) in [6.45, 7) is 2.96. The van der Waals surface area contributed by atoms with E-state index < -0.39 is 0 Å². The summed E-state index contributed by atoms with van der Waals surface area (Å²) in [5, 5.41) is 19.2. The molecule has 23 heavy (non-hydrogen) atoms. The summed E-state index contributed by atoms with van der Waals surface area (Å²) in [5.74, 6) is -0.0272. The molecule has 1 aliphatic heterocycles. The molecule has 1 amide bonds. The summed E-state index contributed by atoms with van der Waals surface area (Å²) in [5.41, 5.74) is 3.12. The van der Waals surface area contributed by atoms with E-state index in [2.05, 4.69) is 26.5 Å². The summed E-state index contributed by atoms with van der Waals surface area (Å²) >= 11 is 0. The SMILES string of the molecule is O=C(Cc1ccn[nH]1)NCc1ccccc1CN1CC[C@H](O)C1. The van der Waals surface area contributed by atoms with Crippen LogP contribution >= 0.6 is 0 Å². The number of nitrogens with zero attached hydrogens (tertiary/aromatic N) is 2. The average molecular weight is 314 g/mol. The minimum atomic E-state index is -0.212. The van der Waals surface area contributed by atoms with Gasteiger partial charge in [-0.05, 0) is 23.6 Å². The number of β-amino-alcohol motifs (C(OH)–C–C–N with tert-alkyl or cyclic N) is 1. The highest BCUT2D eigenvalue weighted by molar-refractivity contribution is 5.78. The first-order valence-electron chi connectivity index (χ1n) is 7.93. The van der Waals surface area contributed by atoms with Gasteiger partial charge >= 0.3 is 0 Å². The van der Waals surface area contributed by atoms with Crippen molar-refractivity contribution in [2.75, 3.05) is 13.1 Å². The standard InChI is InChI=1S/C17H22N4O2/c22-16-6-8-21(12-16)11-14-4-2-1-3-13(14)10-18-17(23)9-15-5-7-19-20-15/h1-5,7,16,22H,6,8-12H2,(H,18,23)(H,19,20)/t16-/m0/s1. The molecule has 1 fully saturated rings. The van der Waals surface area contributed by atoms with E-state index in [1.165, 1.54) is 5.56 Å². The topological polar surface area (TPSA) is 81.2 Å². The Kier molecular flexibility index (Phi) is 5.05. The number of hydrogen-bond donors (Lipinski definition) is 3. The van der Waals surface area contributed by atoms with Gasteiger partial charge in [0, 0.05) is 38.1 Å². The highest BCUT2D eigenvalue weighted by Gasteiger charge is 2.20. The van der Waals surface area contributed by atoms with Gasteiger partial charge in [0.25, 0.3) is 0 Å². The van der Waals surface area contributed by atoms with Gasteiger partial charge in [-0.1, -0.05) is 24.3 Å². The normalized spacial score (nSPS) is 18.2. The van der Waals surface area contributed by atoms with Crippen molar-refractivity contribution in [3.63, 3.8) is 0 Å². The van der Waals surface area contributed by atoms with E-state index in [4.69, 9.17) is 0 Å². The Bertz CT molecular complexity index is 642. The lowest BCUT2D eigenvalue weighted by atomic mass is 10.1. The number of carbonyl (C=O) groups excluding carboxylic acids is 1. The third kappa shape index (κ3) is 4.40. The Balaban J connectivity index is 1.56. The number of aliphatic hydroxyl groups is 1. The minimum absolute atomic E-state index is 0.0272. The molecule has 1 aromatic carbocycles. The predicted molar refractivity (Wildman–Crippen MR) is 86.5 cm³/mol. The fraction of sp³-hybridized carbons (Fsp3) is 0.412. The van der Waals surface area contributed by atoms with Crippen molar-refractivity contribution >= 4 is 5.91 Å². The van der Waals surface area contributed by atoms with Crippen LogP contribution in [0.2, 0.25) is 0 Å². The van der Waals surface area contributed by atoms with Crippen LogP contribution in [0.4, 0.5) is 0 Å². The lowest BCUT2D eigenvalue weighted by Crippen LogP contribution is -2.26. The average Bonchev–Trinajstić information content (AvgIpc) is 3.18. The molecule has 3 rings (SSSR count). The number of aromatic nitrogens is 2. The second kappa shape index (κ2) is 7.39. The fourth-order valence-electron chi connectivity index (χ4n) is 2.89. The minimum Gasteiger partial charge on any atom is -0.392 e. The van der Waals surface area contributed by atoms with E-state index in [0.29, 0.717) is 13.0 Å². The van der Waals surface area contributed by atoms with Crippen molar-refractivity contribution in [1.82, 2.24) is 20.4 Å². The zero-order valence-corrected chi connectivity index (χ0v) is 13.0. The largest absolute Gasteiger partial charge is 0.392 e. The van der Waals surface area contributed by atoms with E-state index in [1.807, 2.05) is 18.2 Å².